The third kappa shape index (κ3) is 2.93. The lowest BCUT2D eigenvalue weighted by Gasteiger charge is -2.39. The maximum atomic E-state index is 4.88. The second-order valence-electron chi connectivity index (χ2n) is 5.30. The molecule has 1 aliphatic heterocycles. The van der Waals surface area contributed by atoms with Crippen LogP contribution in [0.2, 0.25) is 0 Å². The summed E-state index contributed by atoms with van der Waals surface area (Å²) in [4.78, 5) is 4.88. The van der Waals surface area contributed by atoms with E-state index in [9.17, 15) is 0 Å². The third-order valence-electron chi connectivity index (χ3n) is 3.56. The molecular formula is C12H21IN2. The summed E-state index contributed by atoms with van der Waals surface area (Å²) in [6.45, 7) is 5.65. The zero-order valence-corrected chi connectivity index (χ0v) is 11.8. The van der Waals surface area contributed by atoms with Crippen molar-refractivity contribution in [2.45, 2.75) is 51.6 Å². The van der Waals surface area contributed by atoms with E-state index in [1.165, 1.54) is 29.4 Å². The lowest BCUT2D eigenvalue weighted by molar-refractivity contribution is 0.214. The van der Waals surface area contributed by atoms with Crippen molar-refractivity contribution < 1.29 is 0 Å². The number of fused-ring (bicyclic) bond motifs is 1. The molecule has 3 atom stereocenters. The number of hydrogen-bond donors (Lipinski definition) is 1. The number of aliphatic imine (C=N–C) groups is 1. The third-order valence-corrected chi connectivity index (χ3v) is 4.22. The molecule has 1 N–H and O–H groups in total. The van der Waals surface area contributed by atoms with Gasteiger partial charge in [-0.1, -0.05) is 20.3 Å². The van der Waals surface area contributed by atoms with E-state index < -0.39 is 0 Å². The van der Waals surface area contributed by atoms with Gasteiger partial charge in [0.2, 0.25) is 0 Å². The average Bonchev–Trinajstić information content (AvgIpc) is 2.18. The van der Waals surface area contributed by atoms with Crippen LogP contribution < -0.4 is 5.32 Å². The number of nitrogens with zero attached hydrogens (tertiary/aromatic N) is 1. The van der Waals surface area contributed by atoms with Gasteiger partial charge in [-0.2, -0.15) is 0 Å². The molecule has 0 saturated heterocycles. The molecule has 0 aromatic heterocycles. The Labute approximate surface area is 106 Å². The summed E-state index contributed by atoms with van der Waals surface area (Å²) in [6.07, 6.45) is 5.44. The van der Waals surface area contributed by atoms with E-state index in [0.717, 1.165) is 18.4 Å². The minimum absolute atomic E-state index is 0.571. The number of rotatable bonds is 2. The van der Waals surface area contributed by atoms with Crippen LogP contribution in [0.15, 0.2) is 4.99 Å². The summed E-state index contributed by atoms with van der Waals surface area (Å²) in [5.74, 6) is 1.63. The Kier molecular flexibility index (Phi) is 4.04. The van der Waals surface area contributed by atoms with Crippen molar-refractivity contribution in [1.82, 2.24) is 5.32 Å². The van der Waals surface area contributed by atoms with Crippen molar-refractivity contribution in [2.24, 2.45) is 16.8 Å². The fourth-order valence-electron chi connectivity index (χ4n) is 2.97. The minimum atomic E-state index is 0.571. The zero-order chi connectivity index (χ0) is 10.8. The summed E-state index contributed by atoms with van der Waals surface area (Å²) in [5.41, 5.74) is 0. The Bertz CT molecular complexity index is 250. The normalized spacial score (nSPS) is 36.3. The van der Waals surface area contributed by atoms with Gasteiger partial charge in [0, 0.05) is 12.6 Å². The molecule has 2 rings (SSSR count). The van der Waals surface area contributed by atoms with Gasteiger partial charge in [0.1, 0.15) is 0 Å². The van der Waals surface area contributed by atoms with Crippen molar-refractivity contribution in [3.8, 4) is 0 Å². The van der Waals surface area contributed by atoms with Crippen LogP contribution in [-0.2, 0) is 0 Å². The lowest BCUT2D eigenvalue weighted by atomic mass is 9.77. The summed E-state index contributed by atoms with van der Waals surface area (Å²) < 4.78 is 1.27. The fraction of sp³-hybridized carbons (Fsp3) is 0.917. The van der Waals surface area contributed by atoms with Crippen LogP contribution in [0.1, 0.15) is 39.5 Å². The van der Waals surface area contributed by atoms with E-state index in [1.54, 1.807) is 0 Å². The summed E-state index contributed by atoms with van der Waals surface area (Å²) >= 11 is 2.38. The topological polar surface area (TPSA) is 24.4 Å². The molecule has 2 aliphatic rings. The van der Waals surface area contributed by atoms with Crippen LogP contribution in [-0.4, -0.2) is 22.3 Å². The molecule has 0 aromatic rings. The summed E-state index contributed by atoms with van der Waals surface area (Å²) in [7, 11) is 0. The smallest absolute Gasteiger partial charge is 0.0870 e. The standard InChI is InChI=1S/C12H21IN2/c1-8(2)6-9-4-3-5-10-12(9)15-11(13)7-14-10/h8-10,12,14H,3-7H2,1-2H3. The van der Waals surface area contributed by atoms with Gasteiger partial charge < -0.3 is 5.32 Å². The molecule has 0 bridgehead atoms. The van der Waals surface area contributed by atoms with Crippen LogP contribution in [0.4, 0.5) is 0 Å². The highest BCUT2D eigenvalue weighted by molar-refractivity contribution is 14.1. The van der Waals surface area contributed by atoms with Crippen LogP contribution in [0.3, 0.4) is 0 Å². The van der Waals surface area contributed by atoms with Gasteiger partial charge in [-0.05, 0) is 53.7 Å². The van der Waals surface area contributed by atoms with Crippen LogP contribution in [0.5, 0.6) is 0 Å². The van der Waals surface area contributed by atoms with E-state index in [4.69, 9.17) is 4.99 Å². The highest BCUT2D eigenvalue weighted by Gasteiger charge is 2.35. The van der Waals surface area contributed by atoms with Crippen molar-refractivity contribution in [3.05, 3.63) is 0 Å². The van der Waals surface area contributed by atoms with Gasteiger partial charge >= 0.3 is 0 Å². The first-order valence-corrected chi connectivity index (χ1v) is 7.20. The first kappa shape index (κ1) is 11.8. The molecule has 0 aromatic carbocycles. The van der Waals surface area contributed by atoms with E-state index in [0.29, 0.717) is 12.1 Å². The minimum Gasteiger partial charge on any atom is -0.306 e. The first-order chi connectivity index (χ1) is 7.16. The number of nitrogens with one attached hydrogen (secondary N) is 1. The van der Waals surface area contributed by atoms with Crippen LogP contribution >= 0.6 is 22.6 Å². The van der Waals surface area contributed by atoms with Crippen molar-refractivity contribution in [2.75, 3.05) is 6.54 Å². The molecular weight excluding hydrogens is 299 g/mol. The molecule has 0 amide bonds. The SMILES string of the molecule is CC(C)CC1CCCC2NCC(I)=NC12. The Morgan fingerprint density at radius 3 is 3.00 bits per heavy atom. The largest absolute Gasteiger partial charge is 0.306 e. The number of hydrogen-bond acceptors (Lipinski definition) is 2. The molecule has 1 fully saturated rings. The highest BCUT2D eigenvalue weighted by Crippen LogP contribution is 2.33. The quantitative estimate of drug-likeness (QED) is 0.777. The van der Waals surface area contributed by atoms with Gasteiger partial charge in [0.15, 0.2) is 0 Å². The maximum Gasteiger partial charge on any atom is 0.0870 e. The molecule has 2 nitrogen and oxygen atoms in total. The molecule has 0 radical (unpaired) electrons. The fourth-order valence-corrected chi connectivity index (χ4v) is 3.52. The molecule has 3 heteroatoms. The Hall–Kier alpha value is 0.360. The Morgan fingerprint density at radius 2 is 2.27 bits per heavy atom. The molecule has 1 saturated carbocycles. The maximum absolute atomic E-state index is 4.88. The van der Waals surface area contributed by atoms with E-state index in [2.05, 4.69) is 41.8 Å². The van der Waals surface area contributed by atoms with Gasteiger partial charge in [0.05, 0.1) is 9.76 Å². The Balaban J connectivity index is 2.07. The van der Waals surface area contributed by atoms with Crippen molar-refractivity contribution >= 4 is 26.3 Å². The molecule has 1 heterocycles. The van der Waals surface area contributed by atoms with Gasteiger partial charge in [-0.25, -0.2) is 0 Å². The lowest BCUT2D eigenvalue weighted by Crippen LogP contribution is -2.50. The predicted octanol–water partition coefficient (Wildman–Crippen LogP) is 3.01. The second kappa shape index (κ2) is 5.13. The van der Waals surface area contributed by atoms with E-state index >= 15 is 0 Å². The van der Waals surface area contributed by atoms with E-state index in [1.807, 2.05) is 0 Å². The van der Waals surface area contributed by atoms with Crippen molar-refractivity contribution in [3.63, 3.8) is 0 Å². The van der Waals surface area contributed by atoms with Crippen LogP contribution in [0, 0.1) is 11.8 Å². The predicted molar refractivity (Wildman–Crippen MR) is 73.8 cm³/mol. The molecule has 3 unspecified atom stereocenters. The summed E-state index contributed by atoms with van der Waals surface area (Å²) in [5, 5.41) is 3.64. The monoisotopic (exact) mass is 320 g/mol. The van der Waals surface area contributed by atoms with Gasteiger partial charge in [-0.15, -0.1) is 0 Å². The molecule has 1 aliphatic carbocycles. The first-order valence-electron chi connectivity index (χ1n) is 6.12. The zero-order valence-electron chi connectivity index (χ0n) is 9.67. The Morgan fingerprint density at radius 1 is 1.47 bits per heavy atom. The van der Waals surface area contributed by atoms with Crippen LogP contribution in [0.25, 0.3) is 0 Å². The summed E-state index contributed by atoms with van der Waals surface area (Å²) in [6, 6.07) is 1.24. The van der Waals surface area contributed by atoms with Gasteiger partial charge in [-0.3, -0.25) is 4.99 Å². The number of halogens is 1. The average molecular weight is 320 g/mol. The van der Waals surface area contributed by atoms with E-state index in [-0.39, 0.29) is 0 Å². The molecule has 0 spiro atoms. The van der Waals surface area contributed by atoms with Crippen molar-refractivity contribution in [1.29, 1.82) is 0 Å². The molecule has 15 heavy (non-hydrogen) atoms. The second-order valence-corrected chi connectivity index (χ2v) is 6.55. The highest BCUT2D eigenvalue weighted by atomic mass is 127. The molecule has 86 valence electrons. The van der Waals surface area contributed by atoms with Gasteiger partial charge in [0.25, 0.3) is 0 Å².